The van der Waals surface area contributed by atoms with E-state index < -0.39 is 0 Å². The summed E-state index contributed by atoms with van der Waals surface area (Å²) in [6.45, 7) is 4.34. The Labute approximate surface area is 139 Å². The van der Waals surface area contributed by atoms with Gasteiger partial charge in [-0.05, 0) is 36.8 Å². The summed E-state index contributed by atoms with van der Waals surface area (Å²) in [6, 6.07) is 11.1. The third-order valence-electron chi connectivity index (χ3n) is 4.44. The van der Waals surface area contributed by atoms with E-state index in [2.05, 4.69) is 33.9 Å². The van der Waals surface area contributed by atoms with Crippen LogP contribution in [0.25, 0.3) is 11.0 Å². The van der Waals surface area contributed by atoms with Gasteiger partial charge in [0.05, 0.1) is 11.0 Å². The lowest BCUT2D eigenvalue weighted by molar-refractivity contribution is 0.134. The van der Waals surface area contributed by atoms with Crippen molar-refractivity contribution in [3.63, 3.8) is 0 Å². The second kappa shape index (κ2) is 5.62. The van der Waals surface area contributed by atoms with Crippen molar-refractivity contribution in [3.05, 3.63) is 64.2 Å². The van der Waals surface area contributed by atoms with Crippen molar-refractivity contribution in [2.45, 2.75) is 19.4 Å². The Bertz CT molecular complexity index is 848. The number of benzene rings is 2. The van der Waals surface area contributed by atoms with Gasteiger partial charge in [-0.1, -0.05) is 23.7 Å². The van der Waals surface area contributed by atoms with Crippen LogP contribution in [-0.4, -0.2) is 28.0 Å². The summed E-state index contributed by atoms with van der Waals surface area (Å²) in [4.78, 5) is 10.3. The molecule has 118 valence electrons. The molecule has 1 fully saturated rings. The summed E-state index contributed by atoms with van der Waals surface area (Å²) in [5.41, 5.74) is 3.88. The van der Waals surface area contributed by atoms with E-state index in [1.165, 1.54) is 11.6 Å². The second-order valence-electron chi connectivity index (χ2n) is 6.23. The zero-order valence-electron chi connectivity index (χ0n) is 12.8. The number of nitrogens with one attached hydrogen (secondary N) is 1. The molecule has 1 N–H and O–H groups in total. The molecule has 0 unspecified atom stereocenters. The van der Waals surface area contributed by atoms with Gasteiger partial charge < -0.3 is 4.98 Å². The van der Waals surface area contributed by atoms with Crippen LogP contribution in [0.4, 0.5) is 4.39 Å². The number of aryl methyl sites for hydroxylation is 1. The molecule has 0 radical (unpaired) electrons. The first-order valence-electron chi connectivity index (χ1n) is 7.71. The maximum atomic E-state index is 13.8. The number of aromatic amines is 1. The molecule has 1 aromatic heterocycles. The number of rotatable bonds is 3. The van der Waals surface area contributed by atoms with E-state index in [1.54, 1.807) is 12.1 Å². The molecule has 3 aromatic rings. The van der Waals surface area contributed by atoms with Crippen LogP contribution in [0.2, 0.25) is 5.02 Å². The Morgan fingerprint density at radius 3 is 2.91 bits per heavy atom. The lowest BCUT2D eigenvalue weighted by Crippen LogP contribution is -2.44. The molecule has 1 saturated heterocycles. The molecule has 23 heavy (non-hydrogen) atoms. The molecule has 5 heteroatoms. The first kappa shape index (κ1) is 14.7. The quantitative estimate of drug-likeness (QED) is 0.778. The highest BCUT2D eigenvalue weighted by atomic mass is 35.5. The first-order chi connectivity index (χ1) is 11.1. The Hall–Kier alpha value is -1.91. The first-order valence-corrected chi connectivity index (χ1v) is 8.09. The van der Waals surface area contributed by atoms with Crippen LogP contribution in [0.3, 0.4) is 0 Å². The fraction of sp³-hybridized carbons (Fsp3) is 0.278. The van der Waals surface area contributed by atoms with Gasteiger partial charge in [-0.25, -0.2) is 9.37 Å². The lowest BCUT2D eigenvalue weighted by Gasteiger charge is -2.38. The molecule has 2 aromatic carbocycles. The normalized spacial score (nSPS) is 16.0. The topological polar surface area (TPSA) is 31.9 Å². The number of nitrogens with zero attached hydrogens (tertiary/aromatic N) is 2. The van der Waals surface area contributed by atoms with E-state index in [9.17, 15) is 4.39 Å². The van der Waals surface area contributed by atoms with Gasteiger partial charge in [0, 0.05) is 36.1 Å². The number of hydrogen-bond donors (Lipinski definition) is 1. The zero-order valence-corrected chi connectivity index (χ0v) is 13.6. The third kappa shape index (κ3) is 2.73. The monoisotopic (exact) mass is 329 g/mol. The van der Waals surface area contributed by atoms with Crippen molar-refractivity contribution in [1.82, 2.24) is 14.9 Å². The minimum Gasteiger partial charge on any atom is -0.342 e. The van der Waals surface area contributed by atoms with Gasteiger partial charge in [-0.3, -0.25) is 4.90 Å². The van der Waals surface area contributed by atoms with Crippen LogP contribution < -0.4 is 0 Å². The second-order valence-corrected chi connectivity index (χ2v) is 6.64. The van der Waals surface area contributed by atoms with Crippen molar-refractivity contribution in [1.29, 1.82) is 0 Å². The Morgan fingerprint density at radius 2 is 2.13 bits per heavy atom. The molecule has 0 aliphatic carbocycles. The predicted molar refractivity (Wildman–Crippen MR) is 90.3 cm³/mol. The molecular weight excluding hydrogens is 313 g/mol. The van der Waals surface area contributed by atoms with Crippen molar-refractivity contribution >= 4 is 22.6 Å². The molecule has 1 aliphatic rings. The zero-order chi connectivity index (χ0) is 16.0. The predicted octanol–water partition coefficient (Wildman–Crippen LogP) is 4.26. The average Bonchev–Trinajstić information content (AvgIpc) is 2.87. The van der Waals surface area contributed by atoms with Crippen molar-refractivity contribution in [2.24, 2.45) is 0 Å². The minimum atomic E-state index is -0.236. The molecule has 0 saturated carbocycles. The van der Waals surface area contributed by atoms with E-state index in [0.717, 1.165) is 29.9 Å². The molecule has 0 spiro atoms. The summed E-state index contributed by atoms with van der Waals surface area (Å²) in [5, 5.41) is 0.493. The van der Waals surface area contributed by atoms with Crippen LogP contribution in [-0.2, 0) is 6.54 Å². The molecule has 2 heterocycles. The smallest absolute Gasteiger partial charge is 0.129 e. The van der Waals surface area contributed by atoms with Crippen LogP contribution in [0.15, 0.2) is 36.4 Å². The summed E-state index contributed by atoms with van der Waals surface area (Å²) in [7, 11) is 0. The molecule has 0 atom stereocenters. The number of fused-ring (bicyclic) bond motifs is 1. The van der Waals surface area contributed by atoms with Crippen LogP contribution in [0, 0.1) is 12.7 Å². The van der Waals surface area contributed by atoms with Crippen molar-refractivity contribution in [2.75, 3.05) is 13.1 Å². The van der Waals surface area contributed by atoms with Gasteiger partial charge in [-0.2, -0.15) is 0 Å². The summed E-state index contributed by atoms with van der Waals surface area (Å²) in [5.74, 6) is 1.15. The molecule has 1 aliphatic heterocycles. The highest BCUT2D eigenvalue weighted by Gasteiger charge is 2.31. The minimum absolute atomic E-state index is 0.236. The largest absolute Gasteiger partial charge is 0.342 e. The summed E-state index contributed by atoms with van der Waals surface area (Å²) < 4.78 is 13.8. The van der Waals surface area contributed by atoms with Gasteiger partial charge in [-0.15, -0.1) is 0 Å². The highest BCUT2D eigenvalue weighted by Crippen LogP contribution is 2.30. The fourth-order valence-electron chi connectivity index (χ4n) is 3.12. The SMILES string of the molecule is Cc1ccc2nc(C3CN(Cc4c(F)cccc4Cl)C3)[nH]c2c1. The maximum absolute atomic E-state index is 13.8. The van der Waals surface area contributed by atoms with Gasteiger partial charge in [0.25, 0.3) is 0 Å². The van der Waals surface area contributed by atoms with E-state index >= 15 is 0 Å². The molecule has 0 bridgehead atoms. The Balaban J connectivity index is 1.46. The van der Waals surface area contributed by atoms with Gasteiger partial charge >= 0.3 is 0 Å². The Morgan fingerprint density at radius 1 is 1.30 bits per heavy atom. The highest BCUT2D eigenvalue weighted by molar-refractivity contribution is 6.31. The number of imidazole rings is 1. The number of halogens is 2. The van der Waals surface area contributed by atoms with Gasteiger partial charge in [0.15, 0.2) is 0 Å². The fourth-order valence-corrected chi connectivity index (χ4v) is 3.34. The van der Waals surface area contributed by atoms with Gasteiger partial charge in [0.2, 0.25) is 0 Å². The van der Waals surface area contributed by atoms with Crippen LogP contribution >= 0.6 is 11.6 Å². The molecular formula is C18H17ClFN3. The molecule has 4 rings (SSSR count). The van der Waals surface area contributed by atoms with E-state index in [0.29, 0.717) is 23.0 Å². The summed E-state index contributed by atoms with van der Waals surface area (Å²) in [6.07, 6.45) is 0. The molecule has 3 nitrogen and oxygen atoms in total. The Kier molecular flexibility index (Phi) is 3.58. The van der Waals surface area contributed by atoms with Crippen molar-refractivity contribution < 1.29 is 4.39 Å². The third-order valence-corrected chi connectivity index (χ3v) is 4.80. The number of hydrogen-bond acceptors (Lipinski definition) is 2. The van der Waals surface area contributed by atoms with Crippen LogP contribution in [0.5, 0.6) is 0 Å². The van der Waals surface area contributed by atoms with Gasteiger partial charge in [0.1, 0.15) is 11.6 Å². The lowest BCUT2D eigenvalue weighted by atomic mass is 9.98. The number of H-pyrrole nitrogens is 1. The number of aromatic nitrogens is 2. The van der Waals surface area contributed by atoms with E-state index in [4.69, 9.17) is 11.6 Å². The maximum Gasteiger partial charge on any atom is 0.129 e. The standard InChI is InChI=1S/C18H17ClFN3/c1-11-5-6-16-17(7-11)22-18(21-16)12-8-23(9-12)10-13-14(19)3-2-4-15(13)20/h2-7,12H,8-10H2,1H3,(H,21,22). The number of likely N-dealkylation sites (tertiary alicyclic amines) is 1. The van der Waals surface area contributed by atoms with Crippen molar-refractivity contribution in [3.8, 4) is 0 Å². The van der Waals surface area contributed by atoms with E-state index in [1.807, 2.05) is 6.07 Å². The molecule has 0 amide bonds. The van der Waals surface area contributed by atoms with Crippen LogP contribution in [0.1, 0.15) is 22.9 Å². The summed E-state index contributed by atoms with van der Waals surface area (Å²) >= 11 is 6.09. The van der Waals surface area contributed by atoms with E-state index in [-0.39, 0.29) is 5.82 Å². The average molecular weight is 330 g/mol.